The molecule has 3 aromatic rings. The number of thioether (sulfide) groups is 1. The first-order valence-corrected chi connectivity index (χ1v) is 12.6. The second-order valence-electron chi connectivity index (χ2n) is 7.70. The molecule has 1 aromatic heterocycles. The summed E-state index contributed by atoms with van der Waals surface area (Å²) in [6, 6.07) is 12.6. The Morgan fingerprint density at radius 3 is 2.70 bits per heavy atom. The second-order valence-corrected chi connectivity index (χ2v) is 9.61. The van der Waals surface area contributed by atoms with Crippen LogP contribution in [0.5, 0.6) is 5.88 Å². The van der Waals surface area contributed by atoms with Gasteiger partial charge in [-0.25, -0.2) is 0 Å². The SMILES string of the molecule is CCCCCCSc1nnc2c(n1)O[C@@H](c1ccc(Cl)cc1Cl)N(C(C)=O)c1ccccc1-2. The number of benzene rings is 2. The predicted octanol–water partition coefficient (Wildman–Crippen LogP) is 6.96. The first kappa shape index (κ1) is 23.8. The van der Waals surface area contributed by atoms with E-state index in [0.29, 0.717) is 38.0 Å². The number of halogens is 2. The van der Waals surface area contributed by atoms with Gasteiger partial charge < -0.3 is 4.74 Å². The van der Waals surface area contributed by atoms with Crippen molar-refractivity contribution in [2.45, 2.75) is 50.9 Å². The van der Waals surface area contributed by atoms with Gasteiger partial charge in [0.25, 0.3) is 0 Å². The number of para-hydroxylation sites is 1. The van der Waals surface area contributed by atoms with E-state index in [4.69, 9.17) is 27.9 Å². The number of carbonyl (C=O) groups is 1. The Balaban J connectivity index is 1.77. The van der Waals surface area contributed by atoms with Crippen molar-refractivity contribution in [2.75, 3.05) is 10.7 Å². The molecule has 1 amide bonds. The molecule has 2 aromatic carbocycles. The molecule has 0 radical (unpaired) electrons. The summed E-state index contributed by atoms with van der Waals surface area (Å²) in [5.41, 5.74) is 2.46. The Labute approximate surface area is 207 Å². The lowest BCUT2D eigenvalue weighted by molar-refractivity contribution is -0.118. The number of rotatable bonds is 7. The van der Waals surface area contributed by atoms with Crippen LogP contribution < -0.4 is 9.64 Å². The largest absolute Gasteiger partial charge is 0.447 e. The van der Waals surface area contributed by atoms with Crippen LogP contribution in [0.1, 0.15) is 51.3 Å². The van der Waals surface area contributed by atoms with E-state index in [2.05, 4.69) is 22.1 Å². The molecular weight excluding hydrogens is 479 g/mol. The number of carbonyl (C=O) groups excluding carboxylic acids is 1. The third-order valence-electron chi connectivity index (χ3n) is 5.31. The molecule has 0 spiro atoms. The standard InChI is InChI=1S/C24H24Cl2N4O2S/c1-3-4-5-8-13-33-24-27-22-21(28-29-24)18-9-6-7-10-20(18)30(15(2)31)23(32-22)17-12-11-16(25)14-19(17)26/h6-7,9-12,14,23H,3-5,8,13H2,1-2H3/t23-/m0/s1. The quantitative estimate of drug-likeness (QED) is 0.256. The summed E-state index contributed by atoms with van der Waals surface area (Å²) in [6.45, 7) is 3.68. The molecule has 0 bridgehead atoms. The van der Waals surface area contributed by atoms with E-state index in [9.17, 15) is 4.79 Å². The molecule has 0 unspecified atom stereocenters. The number of fused-ring (bicyclic) bond motifs is 3. The molecule has 4 rings (SSSR count). The summed E-state index contributed by atoms with van der Waals surface area (Å²) < 4.78 is 6.36. The van der Waals surface area contributed by atoms with Crippen molar-refractivity contribution >= 4 is 46.6 Å². The molecule has 0 fully saturated rings. The van der Waals surface area contributed by atoms with Crippen molar-refractivity contribution < 1.29 is 9.53 Å². The summed E-state index contributed by atoms with van der Waals surface area (Å²) in [6.07, 6.45) is 3.83. The van der Waals surface area contributed by atoms with E-state index in [1.54, 1.807) is 34.9 Å². The van der Waals surface area contributed by atoms with Crippen LogP contribution in [0, 0.1) is 0 Å². The molecule has 0 saturated heterocycles. The molecule has 9 heteroatoms. The van der Waals surface area contributed by atoms with Crippen molar-refractivity contribution in [3.05, 3.63) is 58.1 Å². The average Bonchev–Trinajstić information content (AvgIpc) is 2.93. The van der Waals surface area contributed by atoms with Crippen molar-refractivity contribution in [1.29, 1.82) is 0 Å². The summed E-state index contributed by atoms with van der Waals surface area (Å²) in [4.78, 5) is 19.1. The van der Waals surface area contributed by atoms with Gasteiger partial charge in [0.1, 0.15) is 0 Å². The number of hydrogen-bond acceptors (Lipinski definition) is 6. The van der Waals surface area contributed by atoms with Gasteiger partial charge in [0.2, 0.25) is 23.2 Å². The molecule has 1 aliphatic heterocycles. The lowest BCUT2D eigenvalue weighted by Crippen LogP contribution is -2.36. The zero-order chi connectivity index (χ0) is 23.4. The number of ether oxygens (including phenoxy) is 1. The highest BCUT2D eigenvalue weighted by molar-refractivity contribution is 7.99. The Hall–Kier alpha value is -2.35. The van der Waals surface area contributed by atoms with E-state index >= 15 is 0 Å². The van der Waals surface area contributed by atoms with Gasteiger partial charge in [-0.15, -0.1) is 10.2 Å². The average molecular weight is 503 g/mol. The summed E-state index contributed by atoms with van der Waals surface area (Å²) in [7, 11) is 0. The van der Waals surface area contributed by atoms with Crippen LogP contribution >= 0.6 is 35.0 Å². The minimum atomic E-state index is -0.839. The number of amides is 1. The summed E-state index contributed by atoms with van der Waals surface area (Å²) >= 11 is 14.2. The zero-order valence-corrected chi connectivity index (χ0v) is 20.8. The normalized spacial score (nSPS) is 14.8. The van der Waals surface area contributed by atoms with Gasteiger partial charge in [-0.2, -0.15) is 4.98 Å². The highest BCUT2D eigenvalue weighted by atomic mass is 35.5. The maximum atomic E-state index is 12.8. The zero-order valence-electron chi connectivity index (χ0n) is 18.4. The predicted molar refractivity (Wildman–Crippen MR) is 133 cm³/mol. The topological polar surface area (TPSA) is 68.2 Å². The van der Waals surface area contributed by atoms with E-state index in [0.717, 1.165) is 17.7 Å². The van der Waals surface area contributed by atoms with Gasteiger partial charge in [-0.1, -0.05) is 85.4 Å². The maximum absolute atomic E-state index is 12.8. The van der Waals surface area contributed by atoms with E-state index < -0.39 is 6.23 Å². The minimum Gasteiger partial charge on any atom is -0.447 e. The summed E-state index contributed by atoms with van der Waals surface area (Å²) in [5.74, 6) is 1.02. The Bertz CT molecular complexity index is 1160. The smallest absolute Gasteiger partial charge is 0.247 e. The molecular formula is C24H24Cl2N4O2S. The molecule has 33 heavy (non-hydrogen) atoms. The first-order valence-electron chi connectivity index (χ1n) is 10.9. The van der Waals surface area contributed by atoms with Crippen LogP contribution in [0.15, 0.2) is 47.6 Å². The summed E-state index contributed by atoms with van der Waals surface area (Å²) in [5, 5.41) is 10.2. The van der Waals surface area contributed by atoms with Gasteiger partial charge in [0.15, 0.2) is 5.69 Å². The molecule has 172 valence electrons. The molecule has 2 heterocycles. The van der Waals surface area contributed by atoms with Crippen LogP contribution in [-0.2, 0) is 4.79 Å². The molecule has 0 saturated carbocycles. The van der Waals surface area contributed by atoms with E-state index in [1.165, 1.54) is 26.2 Å². The monoisotopic (exact) mass is 502 g/mol. The van der Waals surface area contributed by atoms with Crippen molar-refractivity contribution in [1.82, 2.24) is 15.2 Å². The third kappa shape index (κ3) is 5.26. The fourth-order valence-electron chi connectivity index (χ4n) is 3.71. The molecule has 1 aliphatic rings. The van der Waals surface area contributed by atoms with Crippen molar-refractivity contribution in [2.24, 2.45) is 0 Å². The van der Waals surface area contributed by atoms with Crippen LogP contribution in [0.2, 0.25) is 10.0 Å². The maximum Gasteiger partial charge on any atom is 0.247 e. The van der Waals surface area contributed by atoms with Gasteiger partial charge in [0, 0.05) is 28.8 Å². The van der Waals surface area contributed by atoms with Crippen LogP contribution in [-0.4, -0.2) is 26.8 Å². The van der Waals surface area contributed by atoms with E-state index in [1.807, 2.05) is 24.3 Å². The van der Waals surface area contributed by atoms with Crippen LogP contribution in [0.4, 0.5) is 5.69 Å². The molecule has 1 atom stereocenters. The Morgan fingerprint density at radius 1 is 1.12 bits per heavy atom. The lowest BCUT2D eigenvalue weighted by Gasteiger charge is -2.30. The number of hydrogen-bond donors (Lipinski definition) is 0. The van der Waals surface area contributed by atoms with Gasteiger partial charge in [-0.05, 0) is 24.6 Å². The van der Waals surface area contributed by atoms with Crippen LogP contribution in [0.25, 0.3) is 11.3 Å². The fraction of sp³-hybridized carbons (Fsp3) is 0.333. The number of anilines is 1. The van der Waals surface area contributed by atoms with E-state index in [-0.39, 0.29) is 5.91 Å². The van der Waals surface area contributed by atoms with Gasteiger partial charge >= 0.3 is 0 Å². The van der Waals surface area contributed by atoms with Crippen molar-refractivity contribution in [3.8, 4) is 17.1 Å². The molecule has 6 nitrogen and oxygen atoms in total. The number of unbranched alkanes of at least 4 members (excludes halogenated alkanes) is 3. The first-order chi connectivity index (χ1) is 16.0. The van der Waals surface area contributed by atoms with Crippen molar-refractivity contribution in [3.63, 3.8) is 0 Å². The Kier molecular flexibility index (Phi) is 7.73. The second kappa shape index (κ2) is 10.7. The third-order valence-corrected chi connectivity index (χ3v) is 6.79. The minimum absolute atomic E-state index is 0.204. The highest BCUT2D eigenvalue weighted by Gasteiger charge is 2.35. The number of aromatic nitrogens is 3. The van der Waals surface area contributed by atoms with Gasteiger partial charge in [-0.3, -0.25) is 9.69 Å². The lowest BCUT2D eigenvalue weighted by atomic mass is 10.1. The fourth-order valence-corrected chi connectivity index (χ4v) is 4.99. The Morgan fingerprint density at radius 2 is 1.94 bits per heavy atom. The highest BCUT2D eigenvalue weighted by Crippen LogP contribution is 2.44. The number of nitrogens with zero attached hydrogens (tertiary/aromatic N) is 4. The molecule has 0 aliphatic carbocycles. The van der Waals surface area contributed by atoms with Gasteiger partial charge in [0.05, 0.1) is 10.7 Å². The molecule has 0 N–H and O–H groups in total. The van der Waals surface area contributed by atoms with Crippen LogP contribution in [0.3, 0.4) is 0 Å².